The van der Waals surface area contributed by atoms with E-state index >= 15 is 0 Å². The first-order valence-corrected chi connectivity index (χ1v) is 8.43. The van der Waals surface area contributed by atoms with Crippen molar-refractivity contribution in [1.82, 2.24) is 14.1 Å². The van der Waals surface area contributed by atoms with Crippen LogP contribution < -0.4 is 0 Å². The number of morpholine rings is 1. The fraction of sp³-hybridized carbons (Fsp3) is 0.769. The number of sulfonamides is 1. The summed E-state index contributed by atoms with van der Waals surface area (Å²) >= 11 is 0. The minimum absolute atomic E-state index is 0.221. The maximum atomic E-state index is 12.8. The van der Waals surface area contributed by atoms with Gasteiger partial charge in [-0.1, -0.05) is 0 Å². The van der Waals surface area contributed by atoms with Crippen LogP contribution in [0.5, 0.6) is 0 Å². The zero-order valence-corrected chi connectivity index (χ0v) is 13.8. The summed E-state index contributed by atoms with van der Waals surface area (Å²) in [7, 11) is -2.01. The third kappa shape index (κ3) is 3.45. The van der Waals surface area contributed by atoms with Gasteiger partial charge >= 0.3 is 0 Å². The van der Waals surface area contributed by atoms with Gasteiger partial charge in [-0.15, -0.1) is 0 Å². The van der Waals surface area contributed by atoms with Crippen molar-refractivity contribution in [3.8, 4) is 0 Å². The molecule has 2 rings (SSSR count). The Morgan fingerprint density at radius 2 is 2.24 bits per heavy atom. The minimum atomic E-state index is -3.59. The molecule has 21 heavy (non-hydrogen) atoms. The highest BCUT2D eigenvalue weighted by Crippen LogP contribution is 2.26. The van der Waals surface area contributed by atoms with Gasteiger partial charge in [0.15, 0.2) is 5.03 Å². The Bertz CT molecular complexity index is 582. The Labute approximate surface area is 125 Å². The van der Waals surface area contributed by atoms with Crippen molar-refractivity contribution in [2.75, 3.05) is 26.8 Å². The van der Waals surface area contributed by atoms with Crippen LogP contribution in [0.1, 0.15) is 20.8 Å². The van der Waals surface area contributed by atoms with Crippen molar-refractivity contribution in [2.45, 2.75) is 44.0 Å². The van der Waals surface area contributed by atoms with E-state index in [2.05, 4.69) is 5.10 Å². The molecule has 1 atom stereocenters. The quantitative estimate of drug-likeness (QED) is 0.800. The molecule has 1 aliphatic heterocycles. The summed E-state index contributed by atoms with van der Waals surface area (Å²) < 4.78 is 39.6. The van der Waals surface area contributed by atoms with E-state index < -0.39 is 15.6 Å². The van der Waals surface area contributed by atoms with Crippen molar-refractivity contribution in [1.29, 1.82) is 0 Å². The van der Waals surface area contributed by atoms with E-state index in [0.29, 0.717) is 19.7 Å². The Kier molecular flexibility index (Phi) is 4.72. The van der Waals surface area contributed by atoms with Gasteiger partial charge in [-0.2, -0.15) is 9.40 Å². The van der Waals surface area contributed by atoms with Crippen LogP contribution in [0.4, 0.5) is 0 Å². The summed E-state index contributed by atoms with van der Waals surface area (Å²) in [6, 6.07) is 1.53. The van der Waals surface area contributed by atoms with Crippen LogP contribution in [0.2, 0.25) is 0 Å². The monoisotopic (exact) mass is 317 g/mol. The third-order valence-electron chi connectivity index (χ3n) is 3.38. The molecule has 0 radical (unpaired) electrons. The number of hydrogen-bond donors (Lipinski definition) is 0. The summed E-state index contributed by atoms with van der Waals surface area (Å²) in [4.78, 5) is 0. The second kappa shape index (κ2) is 6.04. The summed E-state index contributed by atoms with van der Waals surface area (Å²) in [5, 5.41) is 4.26. The number of nitrogens with zero attached hydrogens (tertiary/aromatic N) is 3. The number of rotatable bonds is 5. The van der Waals surface area contributed by atoms with E-state index in [4.69, 9.17) is 9.47 Å². The average Bonchev–Trinajstić information content (AvgIpc) is 2.86. The molecule has 7 nitrogen and oxygen atoms in total. The largest absolute Gasteiger partial charge is 0.382 e. The van der Waals surface area contributed by atoms with Crippen LogP contribution in [0.25, 0.3) is 0 Å². The molecule has 8 heteroatoms. The fourth-order valence-corrected chi connectivity index (χ4v) is 4.39. The lowest BCUT2D eigenvalue weighted by Crippen LogP contribution is -2.55. The molecule has 1 saturated heterocycles. The van der Waals surface area contributed by atoms with Gasteiger partial charge in [0.05, 0.1) is 24.5 Å². The molecule has 0 saturated carbocycles. The molecule has 0 aliphatic carbocycles. The second-order valence-corrected chi connectivity index (χ2v) is 7.62. The topological polar surface area (TPSA) is 73.7 Å². The Morgan fingerprint density at radius 3 is 2.86 bits per heavy atom. The SMILES string of the molecule is CCn1nccc1S(=O)(=O)N1CC(COC)OC(C)(C)C1. The van der Waals surface area contributed by atoms with Gasteiger partial charge in [0.2, 0.25) is 0 Å². The molecule has 2 heterocycles. The van der Waals surface area contributed by atoms with Crippen LogP contribution in [0, 0.1) is 0 Å². The first-order chi connectivity index (χ1) is 9.80. The van der Waals surface area contributed by atoms with Crippen molar-refractivity contribution in [2.24, 2.45) is 0 Å². The highest BCUT2D eigenvalue weighted by molar-refractivity contribution is 7.89. The number of methoxy groups -OCH3 is 1. The highest BCUT2D eigenvalue weighted by atomic mass is 32.2. The van der Waals surface area contributed by atoms with Crippen LogP contribution in [-0.4, -0.2) is 61.0 Å². The van der Waals surface area contributed by atoms with Crippen molar-refractivity contribution in [3.63, 3.8) is 0 Å². The van der Waals surface area contributed by atoms with Crippen LogP contribution in [0.3, 0.4) is 0 Å². The van der Waals surface area contributed by atoms with Crippen molar-refractivity contribution < 1.29 is 17.9 Å². The Morgan fingerprint density at radius 1 is 1.52 bits per heavy atom. The summed E-state index contributed by atoms with van der Waals surface area (Å²) in [6.07, 6.45) is 1.24. The lowest BCUT2D eigenvalue weighted by atomic mass is 10.1. The number of hydrogen-bond acceptors (Lipinski definition) is 5. The Hall–Kier alpha value is -0.960. The van der Waals surface area contributed by atoms with E-state index in [-0.39, 0.29) is 17.7 Å². The standard InChI is InChI=1S/C13H23N3O4S/c1-5-16-12(6-7-14-16)21(17,18)15-8-11(9-19-4)20-13(2,3)10-15/h6-7,11H,5,8-10H2,1-4H3. The molecule has 0 amide bonds. The summed E-state index contributed by atoms with van der Waals surface area (Å²) in [6.45, 7) is 7.10. The molecule has 1 aliphatic rings. The van der Waals surface area contributed by atoms with Gasteiger partial charge in [-0.25, -0.2) is 8.42 Å². The van der Waals surface area contributed by atoms with Gasteiger partial charge in [-0.05, 0) is 26.8 Å². The lowest BCUT2D eigenvalue weighted by molar-refractivity contribution is -0.135. The molecule has 1 aromatic rings. The fourth-order valence-electron chi connectivity index (χ4n) is 2.61. The molecule has 1 fully saturated rings. The molecule has 120 valence electrons. The smallest absolute Gasteiger partial charge is 0.260 e. The third-order valence-corrected chi connectivity index (χ3v) is 5.22. The van der Waals surface area contributed by atoms with Crippen LogP contribution in [0.15, 0.2) is 17.3 Å². The van der Waals surface area contributed by atoms with E-state index in [9.17, 15) is 8.42 Å². The highest BCUT2D eigenvalue weighted by Gasteiger charge is 2.40. The number of ether oxygens (including phenoxy) is 2. The van der Waals surface area contributed by atoms with E-state index in [1.54, 1.807) is 7.11 Å². The minimum Gasteiger partial charge on any atom is -0.382 e. The van der Waals surface area contributed by atoms with E-state index in [1.165, 1.54) is 21.3 Å². The van der Waals surface area contributed by atoms with Crippen molar-refractivity contribution in [3.05, 3.63) is 12.3 Å². The zero-order chi connectivity index (χ0) is 15.7. The zero-order valence-electron chi connectivity index (χ0n) is 12.9. The van der Waals surface area contributed by atoms with Crippen LogP contribution >= 0.6 is 0 Å². The van der Waals surface area contributed by atoms with E-state index in [1.807, 2.05) is 20.8 Å². The van der Waals surface area contributed by atoms with Crippen molar-refractivity contribution >= 4 is 10.0 Å². The van der Waals surface area contributed by atoms with Gasteiger partial charge in [0.1, 0.15) is 0 Å². The summed E-state index contributed by atoms with van der Waals surface area (Å²) in [5.41, 5.74) is -0.550. The number of aromatic nitrogens is 2. The molecule has 0 N–H and O–H groups in total. The first kappa shape index (κ1) is 16.4. The second-order valence-electron chi connectivity index (χ2n) is 5.74. The van der Waals surface area contributed by atoms with Gasteiger partial charge < -0.3 is 9.47 Å². The predicted octanol–water partition coefficient (Wildman–Crippen LogP) is 0.717. The molecule has 0 aromatic carbocycles. The molecule has 0 bridgehead atoms. The van der Waals surface area contributed by atoms with Gasteiger partial charge in [0, 0.05) is 26.7 Å². The molecule has 0 spiro atoms. The molecular weight excluding hydrogens is 294 g/mol. The molecule has 1 unspecified atom stereocenters. The van der Waals surface area contributed by atoms with Gasteiger partial charge in [-0.3, -0.25) is 4.68 Å². The maximum Gasteiger partial charge on any atom is 0.260 e. The maximum absolute atomic E-state index is 12.8. The molecular formula is C13H23N3O4S. The first-order valence-electron chi connectivity index (χ1n) is 6.99. The average molecular weight is 317 g/mol. The van der Waals surface area contributed by atoms with E-state index in [0.717, 1.165) is 0 Å². The van der Waals surface area contributed by atoms with Gasteiger partial charge in [0.25, 0.3) is 10.0 Å². The lowest BCUT2D eigenvalue weighted by Gasteiger charge is -2.41. The Balaban J connectivity index is 2.30. The number of aryl methyl sites for hydroxylation is 1. The molecule has 1 aromatic heterocycles. The summed E-state index contributed by atoms with van der Waals surface area (Å²) in [5.74, 6) is 0. The predicted molar refractivity (Wildman–Crippen MR) is 77.5 cm³/mol. The normalized spacial score (nSPS) is 23.3. The van der Waals surface area contributed by atoms with Crippen LogP contribution in [-0.2, 0) is 26.0 Å².